The van der Waals surface area contributed by atoms with Gasteiger partial charge in [0.15, 0.2) is 6.10 Å². The van der Waals surface area contributed by atoms with Crippen molar-refractivity contribution in [1.29, 1.82) is 0 Å². The van der Waals surface area contributed by atoms with Crippen molar-refractivity contribution in [3.8, 4) is 5.75 Å². The molecule has 0 spiro atoms. The summed E-state index contributed by atoms with van der Waals surface area (Å²) >= 11 is 0. The molecule has 0 radical (unpaired) electrons. The van der Waals surface area contributed by atoms with E-state index < -0.39 is 12.1 Å². The van der Waals surface area contributed by atoms with Gasteiger partial charge >= 0.3 is 5.97 Å². The van der Waals surface area contributed by atoms with Crippen LogP contribution < -0.4 is 4.74 Å². The zero-order valence-electron chi connectivity index (χ0n) is 12.7. The van der Waals surface area contributed by atoms with Gasteiger partial charge in [-0.25, -0.2) is 4.79 Å². The van der Waals surface area contributed by atoms with Crippen LogP contribution >= 0.6 is 0 Å². The number of carboxylic acids is 1. The minimum Gasteiger partial charge on any atom is -0.494 e. The van der Waals surface area contributed by atoms with Crippen LogP contribution in [0.2, 0.25) is 0 Å². The first-order valence-corrected chi connectivity index (χ1v) is 7.44. The fourth-order valence-corrected chi connectivity index (χ4v) is 2.35. The molecule has 6 nitrogen and oxygen atoms in total. The highest BCUT2D eigenvalue weighted by atomic mass is 16.5. The summed E-state index contributed by atoms with van der Waals surface area (Å²) in [7, 11) is 0. The van der Waals surface area contributed by atoms with E-state index in [9.17, 15) is 9.59 Å². The number of hydrogen-bond donors (Lipinski definition) is 1. The van der Waals surface area contributed by atoms with E-state index in [4.69, 9.17) is 14.6 Å². The molecule has 0 saturated carbocycles. The molecule has 0 aromatic heterocycles. The molecule has 0 bridgehead atoms. The first-order chi connectivity index (χ1) is 10.6. The molecule has 1 aliphatic heterocycles. The maximum absolute atomic E-state index is 12.2. The van der Waals surface area contributed by atoms with Gasteiger partial charge in [-0.2, -0.15) is 0 Å². The summed E-state index contributed by atoms with van der Waals surface area (Å²) in [6, 6.07) is 7.66. The number of ether oxygens (including phenoxy) is 2. The summed E-state index contributed by atoms with van der Waals surface area (Å²) in [4.78, 5) is 24.6. The van der Waals surface area contributed by atoms with Crippen LogP contribution in [-0.2, 0) is 20.7 Å². The number of amides is 1. The number of carboxylic acid groups (broad SMARTS) is 1. The van der Waals surface area contributed by atoms with Crippen molar-refractivity contribution < 1.29 is 24.2 Å². The van der Waals surface area contributed by atoms with Crippen LogP contribution in [0.3, 0.4) is 0 Å². The predicted octanol–water partition coefficient (Wildman–Crippen LogP) is 1.33. The second-order valence-electron chi connectivity index (χ2n) is 5.11. The predicted molar refractivity (Wildman–Crippen MR) is 79.9 cm³/mol. The number of hydrogen-bond acceptors (Lipinski definition) is 4. The van der Waals surface area contributed by atoms with E-state index in [1.54, 1.807) is 4.90 Å². The Labute approximate surface area is 129 Å². The number of aliphatic carboxylic acids is 1. The lowest BCUT2D eigenvalue weighted by Gasteiger charge is -2.31. The number of nitrogens with zero attached hydrogens (tertiary/aromatic N) is 1. The summed E-state index contributed by atoms with van der Waals surface area (Å²) in [5.74, 6) is -0.248. The molecule has 1 amide bonds. The normalized spacial score (nSPS) is 18.0. The highest BCUT2D eigenvalue weighted by molar-refractivity contribution is 5.78. The number of rotatable bonds is 6. The average Bonchev–Trinajstić information content (AvgIpc) is 2.54. The monoisotopic (exact) mass is 307 g/mol. The fourth-order valence-electron chi connectivity index (χ4n) is 2.35. The lowest BCUT2D eigenvalue weighted by Crippen LogP contribution is -2.48. The lowest BCUT2D eigenvalue weighted by molar-refractivity contribution is -0.159. The van der Waals surface area contributed by atoms with Gasteiger partial charge in [0.1, 0.15) is 5.75 Å². The van der Waals surface area contributed by atoms with Gasteiger partial charge in [0.05, 0.1) is 19.8 Å². The molecule has 1 unspecified atom stereocenters. The van der Waals surface area contributed by atoms with Gasteiger partial charge in [0, 0.05) is 13.0 Å². The summed E-state index contributed by atoms with van der Waals surface area (Å²) in [6.45, 7) is 3.40. The SMILES string of the molecule is CCOc1ccc(CCC(=O)N2CCOC(C(=O)O)C2)cc1. The number of carbonyl (C=O) groups is 2. The third-order valence-corrected chi connectivity index (χ3v) is 3.56. The largest absolute Gasteiger partial charge is 0.494 e. The average molecular weight is 307 g/mol. The van der Waals surface area contributed by atoms with Crippen LogP contribution in [0.5, 0.6) is 5.75 Å². The smallest absolute Gasteiger partial charge is 0.334 e. The Bertz CT molecular complexity index is 514. The molecule has 1 fully saturated rings. The van der Waals surface area contributed by atoms with E-state index in [1.807, 2.05) is 31.2 Å². The number of morpholine rings is 1. The minimum absolute atomic E-state index is 0.0385. The molecular weight excluding hydrogens is 286 g/mol. The Hall–Kier alpha value is -2.08. The van der Waals surface area contributed by atoms with Crippen LogP contribution in [-0.4, -0.2) is 54.3 Å². The molecule has 1 aromatic rings. The Morgan fingerprint density at radius 2 is 2.09 bits per heavy atom. The molecule has 1 heterocycles. The zero-order valence-corrected chi connectivity index (χ0v) is 12.7. The van der Waals surface area contributed by atoms with Gasteiger partial charge < -0.3 is 19.5 Å². The molecule has 22 heavy (non-hydrogen) atoms. The summed E-state index contributed by atoms with van der Waals surface area (Å²) < 4.78 is 10.5. The molecular formula is C16H21NO5. The Morgan fingerprint density at radius 3 is 2.73 bits per heavy atom. The van der Waals surface area contributed by atoms with E-state index in [1.165, 1.54) is 0 Å². The fraction of sp³-hybridized carbons (Fsp3) is 0.500. The molecule has 1 aromatic carbocycles. The van der Waals surface area contributed by atoms with Crippen LogP contribution in [0.4, 0.5) is 0 Å². The molecule has 1 aliphatic rings. The van der Waals surface area contributed by atoms with Crippen molar-refractivity contribution in [2.75, 3.05) is 26.3 Å². The summed E-state index contributed by atoms with van der Waals surface area (Å²) in [5.41, 5.74) is 1.06. The van der Waals surface area contributed by atoms with Gasteiger partial charge in [-0.1, -0.05) is 12.1 Å². The number of benzene rings is 1. The van der Waals surface area contributed by atoms with E-state index in [2.05, 4.69) is 0 Å². The number of carbonyl (C=O) groups excluding carboxylic acids is 1. The molecule has 2 rings (SSSR count). The van der Waals surface area contributed by atoms with Crippen LogP contribution in [0.1, 0.15) is 18.9 Å². The van der Waals surface area contributed by atoms with Gasteiger partial charge in [-0.15, -0.1) is 0 Å². The summed E-state index contributed by atoms with van der Waals surface area (Å²) in [6.07, 6.45) is 0.0730. The second kappa shape index (κ2) is 7.79. The maximum atomic E-state index is 12.2. The Kier molecular flexibility index (Phi) is 5.77. The lowest BCUT2D eigenvalue weighted by atomic mass is 10.1. The van der Waals surface area contributed by atoms with E-state index in [-0.39, 0.29) is 19.1 Å². The quantitative estimate of drug-likeness (QED) is 0.858. The first-order valence-electron chi connectivity index (χ1n) is 7.44. The van der Waals surface area contributed by atoms with Gasteiger partial charge in [-0.05, 0) is 31.0 Å². The summed E-state index contributed by atoms with van der Waals surface area (Å²) in [5, 5.41) is 8.94. The van der Waals surface area contributed by atoms with Crippen LogP contribution in [0.15, 0.2) is 24.3 Å². The van der Waals surface area contributed by atoms with E-state index in [0.717, 1.165) is 11.3 Å². The molecule has 1 saturated heterocycles. The van der Waals surface area contributed by atoms with E-state index in [0.29, 0.717) is 26.0 Å². The van der Waals surface area contributed by atoms with Crippen molar-refractivity contribution in [3.63, 3.8) is 0 Å². The highest BCUT2D eigenvalue weighted by Crippen LogP contribution is 2.14. The van der Waals surface area contributed by atoms with Crippen molar-refractivity contribution >= 4 is 11.9 Å². The first kappa shape index (κ1) is 16.3. The van der Waals surface area contributed by atoms with Gasteiger partial charge in [0.25, 0.3) is 0 Å². The van der Waals surface area contributed by atoms with Gasteiger partial charge in [-0.3, -0.25) is 4.79 Å². The Balaban J connectivity index is 1.83. The van der Waals surface area contributed by atoms with E-state index >= 15 is 0 Å². The third-order valence-electron chi connectivity index (χ3n) is 3.56. The highest BCUT2D eigenvalue weighted by Gasteiger charge is 2.28. The molecule has 120 valence electrons. The molecule has 1 atom stereocenters. The van der Waals surface area contributed by atoms with Crippen LogP contribution in [0, 0.1) is 0 Å². The van der Waals surface area contributed by atoms with Crippen molar-refractivity contribution in [2.24, 2.45) is 0 Å². The Morgan fingerprint density at radius 1 is 1.36 bits per heavy atom. The van der Waals surface area contributed by atoms with Crippen LogP contribution in [0.25, 0.3) is 0 Å². The third kappa shape index (κ3) is 4.46. The second-order valence-corrected chi connectivity index (χ2v) is 5.11. The van der Waals surface area contributed by atoms with Crippen molar-refractivity contribution in [1.82, 2.24) is 4.90 Å². The molecule has 6 heteroatoms. The minimum atomic E-state index is -1.02. The standard InChI is InChI=1S/C16H21NO5/c1-2-21-13-6-3-12(4-7-13)5-8-15(18)17-9-10-22-14(11-17)16(19)20/h3-4,6-7,14H,2,5,8-11H2,1H3,(H,19,20). The number of aryl methyl sites for hydroxylation is 1. The molecule has 1 N–H and O–H groups in total. The van der Waals surface area contributed by atoms with Crippen molar-refractivity contribution in [2.45, 2.75) is 25.9 Å². The molecule has 0 aliphatic carbocycles. The van der Waals surface area contributed by atoms with Gasteiger partial charge in [0.2, 0.25) is 5.91 Å². The zero-order chi connectivity index (χ0) is 15.9. The topological polar surface area (TPSA) is 76.1 Å². The van der Waals surface area contributed by atoms with Crippen molar-refractivity contribution in [3.05, 3.63) is 29.8 Å². The maximum Gasteiger partial charge on any atom is 0.334 e.